The number of amides is 2. The first-order valence-corrected chi connectivity index (χ1v) is 11.3. The molecule has 1 aromatic heterocycles. The van der Waals surface area contributed by atoms with Crippen LogP contribution >= 0.6 is 38.9 Å². The summed E-state index contributed by atoms with van der Waals surface area (Å²) in [6, 6.07) is 8.43. The van der Waals surface area contributed by atoms with Crippen molar-refractivity contribution in [1.29, 1.82) is 0 Å². The molecule has 0 aliphatic carbocycles. The van der Waals surface area contributed by atoms with Gasteiger partial charge in [0.25, 0.3) is 21.8 Å². The van der Waals surface area contributed by atoms with Crippen LogP contribution in [0.25, 0.3) is 0 Å². The van der Waals surface area contributed by atoms with Gasteiger partial charge in [0.05, 0.1) is 3.79 Å². The SMILES string of the molecule is O=C(NNC(=O)C1CCCN1S(=O)(=O)c1ccc(Br)s1)c1ccc(Cl)cc1. The summed E-state index contributed by atoms with van der Waals surface area (Å²) in [6.45, 7) is 0.251. The van der Waals surface area contributed by atoms with Crippen molar-refractivity contribution in [2.24, 2.45) is 0 Å². The van der Waals surface area contributed by atoms with Gasteiger partial charge in [-0.25, -0.2) is 8.42 Å². The van der Waals surface area contributed by atoms with Gasteiger partial charge in [0.1, 0.15) is 10.3 Å². The first-order chi connectivity index (χ1) is 12.8. The molecule has 1 aliphatic heterocycles. The molecule has 144 valence electrons. The molecule has 1 unspecified atom stereocenters. The summed E-state index contributed by atoms with van der Waals surface area (Å²) in [5, 5.41) is 0.489. The number of hydrogen-bond acceptors (Lipinski definition) is 5. The molecule has 2 aromatic rings. The summed E-state index contributed by atoms with van der Waals surface area (Å²) in [7, 11) is -3.77. The van der Waals surface area contributed by atoms with E-state index in [1.165, 1.54) is 22.5 Å². The minimum Gasteiger partial charge on any atom is -0.271 e. The second kappa shape index (κ2) is 8.27. The predicted molar refractivity (Wildman–Crippen MR) is 106 cm³/mol. The maximum Gasteiger partial charge on any atom is 0.269 e. The van der Waals surface area contributed by atoms with E-state index in [-0.39, 0.29) is 10.8 Å². The highest BCUT2D eigenvalue weighted by Gasteiger charge is 2.40. The summed E-state index contributed by atoms with van der Waals surface area (Å²) < 4.78 is 27.6. The van der Waals surface area contributed by atoms with E-state index in [9.17, 15) is 18.0 Å². The molecule has 0 bridgehead atoms. The highest BCUT2D eigenvalue weighted by Crippen LogP contribution is 2.32. The normalized spacial score (nSPS) is 17.6. The van der Waals surface area contributed by atoms with E-state index in [1.54, 1.807) is 18.2 Å². The molecule has 0 radical (unpaired) electrons. The van der Waals surface area contributed by atoms with Crippen LogP contribution in [0.4, 0.5) is 0 Å². The lowest BCUT2D eigenvalue weighted by atomic mass is 10.2. The van der Waals surface area contributed by atoms with Crippen molar-refractivity contribution in [3.63, 3.8) is 0 Å². The van der Waals surface area contributed by atoms with Crippen LogP contribution in [0.15, 0.2) is 44.4 Å². The van der Waals surface area contributed by atoms with Gasteiger partial charge in [-0.15, -0.1) is 11.3 Å². The second-order valence-corrected chi connectivity index (χ2v) is 10.8. The van der Waals surface area contributed by atoms with Crippen LogP contribution in [0.1, 0.15) is 23.2 Å². The van der Waals surface area contributed by atoms with Crippen LogP contribution in [-0.2, 0) is 14.8 Å². The van der Waals surface area contributed by atoms with Crippen molar-refractivity contribution >= 4 is 60.7 Å². The summed E-state index contributed by atoms with van der Waals surface area (Å²) in [5.74, 6) is -1.09. The molecule has 3 rings (SSSR count). The van der Waals surface area contributed by atoms with Gasteiger partial charge >= 0.3 is 0 Å². The van der Waals surface area contributed by atoms with Gasteiger partial charge in [0.2, 0.25) is 0 Å². The summed E-state index contributed by atoms with van der Waals surface area (Å²) in [4.78, 5) is 24.5. The lowest BCUT2D eigenvalue weighted by Gasteiger charge is -2.22. The Balaban J connectivity index is 1.67. The predicted octanol–water partition coefficient (Wildman–Crippen LogP) is 2.78. The Bertz CT molecular complexity index is 962. The molecule has 27 heavy (non-hydrogen) atoms. The number of carbonyl (C=O) groups excluding carboxylic acids is 2. The monoisotopic (exact) mass is 491 g/mol. The molecule has 0 spiro atoms. The standard InChI is InChI=1S/C16H15BrClN3O4S2/c17-13-7-8-14(26-13)27(24,25)21-9-1-2-12(21)16(23)20-19-15(22)10-3-5-11(18)6-4-10/h3-8,12H,1-2,9H2,(H,19,22)(H,20,23). The van der Waals surface area contributed by atoms with Gasteiger partial charge in [-0.05, 0) is 65.2 Å². The fraction of sp³-hybridized carbons (Fsp3) is 0.250. The van der Waals surface area contributed by atoms with E-state index in [4.69, 9.17) is 11.6 Å². The third-order valence-corrected chi connectivity index (χ3v) is 8.27. The molecule has 1 aliphatic rings. The third kappa shape index (κ3) is 4.52. The molecule has 11 heteroatoms. The Morgan fingerprint density at radius 2 is 1.85 bits per heavy atom. The topological polar surface area (TPSA) is 95.6 Å². The first kappa shape index (κ1) is 20.3. The average Bonchev–Trinajstić information content (AvgIpc) is 3.29. The van der Waals surface area contributed by atoms with Crippen LogP contribution in [-0.4, -0.2) is 37.1 Å². The number of sulfonamides is 1. The molecular formula is C16H15BrClN3O4S2. The largest absolute Gasteiger partial charge is 0.271 e. The Hall–Kier alpha value is -1.46. The smallest absolute Gasteiger partial charge is 0.269 e. The number of thiophene rings is 1. The van der Waals surface area contributed by atoms with Gasteiger partial charge in [-0.1, -0.05) is 11.6 Å². The van der Waals surface area contributed by atoms with E-state index in [2.05, 4.69) is 26.8 Å². The quantitative estimate of drug-likeness (QED) is 0.642. The third-order valence-electron chi connectivity index (χ3n) is 4.02. The number of nitrogens with zero attached hydrogens (tertiary/aromatic N) is 1. The highest BCUT2D eigenvalue weighted by molar-refractivity contribution is 9.11. The van der Waals surface area contributed by atoms with Crippen molar-refractivity contribution in [3.8, 4) is 0 Å². The molecule has 1 saturated heterocycles. The zero-order valence-electron chi connectivity index (χ0n) is 13.8. The van der Waals surface area contributed by atoms with Crippen LogP contribution < -0.4 is 10.9 Å². The van der Waals surface area contributed by atoms with Crippen molar-refractivity contribution in [2.45, 2.75) is 23.1 Å². The molecule has 1 fully saturated rings. The van der Waals surface area contributed by atoms with Gasteiger partial charge < -0.3 is 0 Å². The number of hydrogen-bond donors (Lipinski definition) is 2. The number of hydrazine groups is 1. The Morgan fingerprint density at radius 3 is 2.48 bits per heavy atom. The highest BCUT2D eigenvalue weighted by atomic mass is 79.9. The zero-order chi connectivity index (χ0) is 19.6. The molecule has 2 N–H and O–H groups in total. The fourth-order valence-corrected chi connectivity index (χ4v) is 6.64. The lowest BCUT2D eigenvalue weighted by Crippen LogP contribution is -2.51. The van der Waals surface area contributed by atoms with Crippen molar-refractivity contribution in [3.05, 3.63) is 50.8 Å². The molecule has 1 atom stereocenters. The molecular weight excluding hydrogens is 478 g/mol. The number of halogens is 2. The van der Waals surface area contributed by atoms with Crippen molar-refractivity contribution in [2.75, 3.05) is 6.54 Å². The number of carbonyl (C=O) groups is 2. The summed E-state index contributed by atoms with van der Waals surface area (Å²) in [5.41, 5.74) is 4.93. The van der Waals surface area contributed by atoms with Crippen molar-refractivity contribution < 1.29 is 18.0 Å². The van der Waals surface area contributed by atoms with E-state index in [1.807, 2.05) is 0 Å². The van der Waals surface area contributed by atoms with Gasteiger partial charge in [0.15, 0.2) is 0 Å². The Labute approximate surface area is 173 Å². The van der Waals surface area contributed by atoms with E-state index >= 15 is 0 Å². The fourth-order valence-electron chi connectivity index (χ4n) is 2.72. The Morgan fingerprint density at radius 1 is 1.15 bits per heavy atom. The van der Waals surface area contributed by atoms with Gasteiger partial charge in [0, 0.05) is 17.1 Å². The number of benzene rings is 1. The van der Waals surface area contributed by atoms with Crippen LogP contribution in [0.5, 0.6) is 0 Å². The maximum absolute atomic E-state index is 12.8. The second-order valence-electron chi connectivity index (χ2n) is 5.78. The van der Waals surface area contributed by atoms with Crippen LogP contribution in [0.2, 0.25) is 5.02 Å². The van der Waals surface area contributed by atoms with E-state index in [0.29, 0.717) is 27.2 Å². The number of rotatable bonds is 4. The summed E-state index contributed by atoms with van der Waals surface area (Å²) in [6.07, 6.45) is 0.948. The zero-order valence-corrected chi connectivity index (χ0v) is 17.8. The summed E-state index contributed by atoms with van der Waals surface area (Å²) >= 11 is 10.1. The average molecular weight is 493 g/mol. The molecule has 1 aromatic carbocycles. The molecule has 2 amide bonds. The van der Waals surface area contributed by atoms with E-state index in [0.717, 1.165) is 11.3 Å². The van der Waals surface area contributed by atoms with Crippen LogP contribution in [0.3, 0.4) is 0 Å². The minimum atomic E-state index is -3.77. The van der Waals surface area contributed by atoms with Crippen molar-refractivity contribution in [1.82, 2.24) is 15.2 Å². The molecule has 2 heterocycles. The van der Waals surface area contributed by atoms with Crippen LogP contribution in [0, 0.1) is 0 Å². The van der Waals surface area contributed by atoms with E-state index < -0.39 is 27.9 Å². The lowest BCUT2D eigenvalue weighted by molar-refractivity contribution is -0.125. The number of nitrogens with one attached hydrogen (secondary N) is 2. The van der Waals surface area contributed by atoms with Gasteiger partial charge in [-0.3, -0.25) is 20.4 Å². The Kier molecular flexibility index (Phi) is 6.21. The maximum atomic E-state index is 12.8. The van der Waals surface area contributed by atoms with Gasteiger partial charge in [-0.2, -0.15) is 4.31 Å². The minimum absolute atomic E-state index is 0.166. The molecule has 0 saturated carbocycles. The molecule has 7 nitrogen and oxygen atoms in total. The first-order valence-electron chi connectivity index (χ1n) is 7.92.